The average Bonchev–Trinajstić information content (AvgIpc) is 3.32. The quantitative estimate of drug-likeness (QED) is 0.695. The Morgan fingerprint density at radius 2 is 2.27 bits per heavy atom. The first-order valence-electron chi connectivity index (χ1n) is 8.60. The van der Waals surface area contributed by atoms with Crippen LogP contribution in [-0.2, 0) is 11.3 Å². The summed E-state index contributed by atoms with van der Waals surface area (Å²) >= 11 is 2.75. The predicted octanol–water partition coefficient (Wildman–Crippen LogP) is 3.57. The molecule has 0 aromatic carbocycles. The van der Waals surface area contributed by atoms with E-state index in [1.807, 2.05) is 19.1 Å². The summed E-state index contributed by atoms with van der Waals surface area (Å²) in [5.41, 5.74) is -0.707. The molecule has 0 spiro atoms. The summed E-state index contributed by atoms with van der Waals surface area (Å²) in [6.45, 7) is 2.36. The second kappa shape index (κ2) is 8.56. The predicted molar refractivity (Wildman–Crippen MR) is 101 cm³/mol. The molecule has 26 heavy (non-hydrogen) atoms. The summed E-state index contributed by atoms with van der Waals surface area (Å²) in [7, 11) is 0. The van der Waals surface area contributed by atoms with Crippen molar-refractivity contribution < 1.29 is 9.21 Å². The van der Waals surface area contributed by atoms with E-state index in [2.05, 4.69) is 26.9 Å². The molecule has 0 aliphatic heterocycles. The number of thioether (sulfide) groups is 1. The molecule has 1 unspecified atom stereocenters. The van der Waals surface area contributed by atoms with Crippen molar-refractivity contribution in [1.29, 1.82) is 5.26 Å². The molecule has 0 bridgehead atoms. The molecule has 0 radical (unpaired) electrons. The van der Waals surface area contributed by atoms with Gasteiger partial charge in [-0.15, -0.1) is 10.2 Å². The highest BCUT2D eigenvalue weighted by atomic mass is 32.2. The fourth-order valence-corrected chi connectivity index (χ4v) is 4.76. The van der Waals surface area contributed by atoms with Crippen molar-refractivity contribution in [2.75, 3.05) is 5.32 Å². The number of carbonyl (C=O) groups excluding carboxylic acids is 1. The molecule has 7 nitrogen and oxygen atoms in total. The summed E-state index contributed by atoms with van der Waals surface area (Å²) in [5.74, 6) is 0.690. The first-order valence-corrected chi connectivity index (χ1v) is 10.3. The number of hydrogen-bond acceptors (Lipinski definition) is 8. The maximum atomic E-state index is 12.5. The number of aromatic nitrogens is 2. The Morgan fingerprint density at radius 1 is 1.46 bits per heavy atom. The SMILES string of the molecule is CC(Sc1nnc(NCc2ccco2)s1)C(=O)NC1(C#N)CCCCC1. The Balaban J connectivity index is 1.51. The van der Waals surface area contributed by atoms with Crippen LogP contribution in [0.25, 0.3) is 0 Å². The van der Waals surface area contributed by atoms with Crippen LogP contribution in [0.5, 0.6) is 0 Å². The van der Waals surface area contributed by atoms with E-state index < -0.39 is 5.54 Å². The maximum Gasteiger partial charge on any atom is 0.234 e. The van der Waals surface area contributed by atoms with Gasteiger partial charge in [-0.1, -0.05) is 42.4 Å². The Morgan fingerprint density at radius 3 is 2.96 bits per heavy atom. The van der Waals surface area contributed by atoms with E-state index in [0.29, 0.717) is 16.0 Å². The fraction of sp³-hybridized carbons (Fsp3) is 0.529. The number of rotatable bonds is 7. The van der Waals surface area contributed by atoms with Crippen LogP contribution in [0.15, 0.2) is 27.2 Å². The van der Waals surface area contributed by atoms with Crippen molar-refractivity contribution in [2.24, 2.45) is 0 Å². The average molecular weight is 392 g/mol. The van der Waals surface area contributed by atoms with Crippen LogP contribution in [0, 0.1) is 11.3 Å². The minimum atomic E-state index is -0.707. The first kappa shape index (κ1) is 18.7. The number of furan rings is 1. The highest BCUT2D eigenvalue weighted by molar-refractivity contribution is 8.02. The Labute approximate surface area is 160 Å². The van der Waals surface area contributed by atoms with Crippen LogP contribution >= 0.6 is 23.1 Å². The summed E-state index contributed by atoms with van der Waals surface area (Å²) in [4.78, 5) is 12.5. The molecule has 1 aliphatic carbocycles. The number of nitrogens with one attached hydrogen (secondary N) is 2. The van der Waals surface area contributed by atoms with Crippen molar-refractivity contribution in [3.05, 3.63) is 24.2 Å². The molecule has 9 heteroatoms. The van der Waals surface area contributed by atoms with Crippen molar-refractivity contribution in [3.8, 4) is 6.07 Å². The van der Waals surface area contributed by atoms with Gasteiger partial charge in [0.25, 0.3) is 0 Å². The molecule has 1 fully saturated rings. The molecule has 1 aliphatic rings. The summed E-state index contributed by atoms with van der Waals surface area (Å²) < 4.78 is 5.97. The zero-order valence-electron chi connectivity index (χ0n) is 14.5. The number of amides is 1. The van der Waals surface area contributed by atoms with Crippen molar-refractivity contribution >= 4 is 34.1 Å². The summed E-state index contributed by atoms with van der Waals surface area (Å²) in [6.07, 6.45) is 6.17. The molecule has 3 rings (SSSR count). The lowest BCUT2D eigenvalue weighted by atomic mass is 9.83. The molecular formula is C17H21N5O2S2. The van der Waals surface area contributed by atoms with Gasteiger partial charge in [0, 0.05) is 0 Å². The van der Waals surface area contributed by atoms with Gasteiger partial charge >= 0.3 is 0 Å². The van der Waals surface area contributed by atoms with Crippen molar-refractivity contribution in [1.82, 2.24) is 15.5 Å². The van der Waals surface area contributed by atoms with Gasteiger partial charge in [0.05, 0.1) is 24.1 Å². The third-order valence-electron chi connectivity index (χ3n) is 4.33. The van der Waals surface area contributed by atoms with Gasteiger partial charge in [0.2, 0.25) is 11.0 Å². The van der Waals surface area contributed by atoms with Gasteiger partial charge in [-0.2, -0.15) is 5.26 Å². The third kappa shape index (κ3) is 4.77. The topological polar surface area (TPSA) is 104 Å². The highest BCUT2D eigenvalue weighted by Gasteiger charge is 2.35. The number of anilines is 1. The highest BCUT2D eigenvalue weighted by Crippen LogP contribution is 2.31. The van der Waals surface area contributed by atoms with Gasteiger partial charge in [0.1, 0.15) is 11.3 Å². The van der Waals surface area contributed by atoms with Crippen LogP contribution in [0.1, 0.15) is 44.8 Å². The fourth-order valence-electron chi connectivity index (χ4n) is 2.87. The van der Waals surface area contributed by atoms with Gasteiger partial charge < -0.3 is 15.1 Å². The number of hydrogen-bond donors (Lipinski definition) is 2. The minimum absolute atomic E-state index is 0.126. The normalized spacial score (nSPS) is 17.2. The van der Waals surface area contributed by atoms with Crippen molar-refractivity contribution in [2.45, 2.75) is 60.7 Å². The maximum absolute atomic E-state index is 12.5. The Kier molecular flexibility index (Phi) is 6.16. The number of carbonyl (C=O) groups is 1. The van der Waals surface area contributed by atoms with Crippen LogP contribution in [0.3, 0.4) is 0 Å². The molecule has 1 amide bonds. The van der Waals surface area contributed by atoms with Crippen LogP contribution < -0.4 is 10.6 Å². The van der Waals surface area contributed by atoms with Gasteiger partial charge in [-0.05, 0) is 31.9 Å². The standard InChI is InChI=1S/C17H21N5O2S2/c1-12(14(23)20-17(11-18)7-3-2-4-8-17)25-16-22-21-15(26-16)19-10-13-6-5-9-24-13/h5-6,9,12H,2-4,7-8,10H2,1H3,(H,19,21)(H,20,23). The van der Waals surface area contributed by atoms with E-state index in [-0.39, 0.29) is 11.2 Å². The molecule has 2 aromatic rings. The van der Waals surface area contributed by atoms with E-state index in [0.717, 1.165) is 37.9 Å². The Bertz CT molecular complexity index is 762. The molecule has 2 aromatic heterocycles. The van der Waals surface area contributed by atoms with E-state index in [1.165, 1.54) is 23.1 Å². The van der Waals surface area contributed by atoms with E-state index in [1.54, 1.807) is 6.26 Å². The van der Waals surface area contributed by atoms with Gasteiger partial charge in [-0.3, -0.25) is 4.79 Å². The molecule has 1 saturated carbocycles. The van der Waals surface area contributed by atoms with Gasteiger partial charge in [-0.25, -0.2) is 0 Å². The Hall–Kier alpha value is -2.05. The minimum Gasteiger partial charge on any atom is -0.467 e. The van der Waals surface area contributed by atoms with Crippen LogP contribution in [0.2, 0.25) is 0 Å². The summed E-state index contributed by atoms with van der Waals surface area (Å²) in [6, 6.07) is 6.03. The molecule has 1 atom stereocenters. The van der Waals surface area contributed by atoms with E-state index in [4.69, 9.17) is 4.42 Å². The lowest BCUT2D eigenvalue weighted by molar-refractivity contribution is -0.121. The van der Waals surface area contributed by atoms with Gasteiger partial charge in [0.15, 0.2) is 4.34 Å². The number of nitriles is 1. The zero-order valence-corrected chi connectivity index (χ0v) is 16.2. The van der Waals surface area contributed by atoms with E-state index in [9.17, 15) is 10.1 Å². The van der Waals surface area contributed by atoms with Crippen molar-refractivity contribution in [3.63, 3.8) is 0 Å². The van der Waals surface area contributed by atoms with Crippen LogP contribution in [0.4, 0.5) is 5.13 Å². The smallest absolute Gasteiger partial charge is 0.234 e. The third-order valence-corrected chi connectivity index (χ3v) is 6.40. The van der Waals surface area contributed by atoms with Crippen LogP contribution in [-0.4, -0.2) is 26.9 Å². The molecule has 0 saturated heterocycles. The lowest BCUT2D eigenvalue weighted by Crippen LogP contribution is -2.50. The van der Waals surface area contributed by atoms with E-state index >= 15 is 0 Å². The first-order chi connectivity index (χ1) is 12.6. The summed E-state index contributed by atoms with van der Waals surface area (Å²) in [5, 5.41) is 24.1. The second-order valence-corrected chi connectivity index (χ2v) is 8.88. The lowest BCUT2D eigenvalue weighted by Gasteiger charge is -2.32. The molecular weight excluding hydrogens is 370 g/mol. The number of nitrogens with zero attached hydrogens (tertiary/aromatic N) is 3. The zero-order chi connectivity index (χ0) is 18.4. The second-order valence-electron chi connectivity index (χ2n) is 6.31. The molecule has 2 heterocycles. The monoisotopic (exact) mass is 391 g/mol. The molecule has 2 N–H and O–H groups in total. The largest absolute Gasteiger partial charge is 0.467 e. The molecule has 138 valence electrons.